The Hall–Kier alpha value is -1.58. The van der Waals surface area contributed by atoms with E-state index in [1.807, 2.05) is 30.3 Å². The second kappa shape index (κ2) is 6.55. The molecule has 100 valence electrons. The van der Waals surface area contributed by atoms with Crippen molar-refractivity contribution in [2.75, 3.05) is 0 Å². The summed E-state index contributed by atoms with van der Waals surface area (Å²) in [5.41, 5.74) is 8.01. The lowest BCUT2D eigenvalue weighted by Gasteiger charge is -2.11. The van der Waals surface area contributed by atoms with Crippen LogP contribution in [0.2, 0.25) is 5.02 Å². The first kappa shape index (κ1) is 13.8. The number of benzene rings is 1. The molecule has 2 N–H and O–H groups in total. The van der Waals surface area contributed by atoms with Crippen molar-refractivity contribution in [2.24, 2.45) is 5.73 Å². The summed E-state index contributed by atoms with van der Waals surface area (Å²) in [5, 5.41) is 0.618. The smallest absolute Gasteiger partial charge is 0.119 e. The van der Waals surface area contributed by atoms with E-state index in [1.54, 1.807) is 12.4 Å². The summed E-state index contributed by atoms with van der Waals surface area (Å²) in [6.07, 6.45) is 4.24. The average molecular weight is 277 g/mol. The summed E-state index contributed by atoms with van der Waals surface area (Å²) in [6, 6.07) is 9.79. The van der Waals surface area contributed by atoms with Gasteiger partial charge in [0.25, 0.3) is 0 Å². The number of hydrogen-bond donors (Lipinski definition) is 1. The number of halogens is 1. The first-order valence-electron chi connectivity index (χ1n) is 6.27. The highest BCUT2D eigenvalue weighted by molar-refractivity contribution is 6.31. The summed E-state index contributed by atoms with van der Waals surface area (Å²) in [7, 11) is 0. The molecule has 0 spiro atoms. The van der Waals surface area contributed by atoms with Crippen LogP contribution < -0.4 is 10.5 Å². The van der Waals surface area contributed by atoms with Gasteiger partial charge in [-0.1, -0.05) is 30.7 Å². The van der Waals surface area contributed by atoms with E-state index in [1.165, 1.54) is 0 Å². The molecular formula is C15H17ClN2O. The maximum Gasteiger partial charge on any atom is 0.119 e. The molecule has 0 radical (unpaired) electrons. The maximum atomic E-state index is 6.02. The summed E-state index contributed by atoms with van der Waals surface area (Å²) < 4.78 is 5.69. The number of aromatic nitrogens is 1. The number of nitrogens with zero attached hydrogens (tertiary/aromatic N) is 1. The molecule has 1 heterocycles. The minimum atomic E-state index is 0.0868. The molecular weight excluding hydrogens is 260 g/mol. The van der Waals surface area contributed by atoms with Crippen LogP contribution >= 0.6 is 11.6 Å². The molecule has 2 rings (SSSR count). The monoisotopic (exact) mass is 276 g/mol. The largest absolute Gasteiger partial charge is 0.489 e. The van der Waals surface area contributed by atoms with Crippen molar-refractivity contribution < 1.29 is 4.74 Å². The third-order valence-electron chi connectivity index (χ3n) is 3.00. The molecule has 0 aliphatic rings. The lowest BCUT2D eigenvalue weighted by atomic mass is 10.1. The fourth-order valence-electron chi connectivity index (χ4n) is 1.73. The highest BCUT2D eigenvalue weighted by atomic mass is 35.5. The van der Waals surface area contributed by atoms with Crippen LogP contribution in [0, 0.1) is 0 Å². The molecule has 1 aromatic heterocycles. The van der Waals surface area contributed by atoms with Gasteiger partial charge in [-0.05, 0) is 30.2 Å². The minimum absolute atomic E-state index is 0.0868. The first-order valence-corrected chi connectivity index (χ1v) is 6.65. The lowest BCUT2D eigenvalue weighted by Crippen LogP contribution is -2.08. The Morgan fingerprint density at radius 2 is 2.00 bits per heavy atom. The molecule has 0 saturated heterocycles. The van der Waals surface area contributed by atoms with Crippen molar-refractivity contribution in [3.8, 4) is 5.75 Å². The second-order valence-electron chi connectivity index (χ2n) is 4.34. The van der Waals surface area contributed by atoms with Gasteiger partial charge >= 0.3 is 0 Å². The SMILES string of the molecule is CC[C@@H](N)c1ccc(OCc2ccncc2Cl)cc1. The lowest BCUT2D eigenvalue weighted by molar-refractivity contribution is 0.306. The molecule has 1 aromatic carbocycles. The molecule has 0 saturated carbocycles. The fraction of sp³-hybridized carbons (Fsp3) is 0.267. The summed E-state index contributed by atoms with van der Waals surface area (Å²) in [5.74, 6) is 0.805. The molecule has 0 aliphatic heterocycles. The number of ether oxygens (including phenoxy) is 1. The van der Waals surface area contributed by atoms with E-state index in [-0.39, 0.29) is 6.04 Å². The van der Waals surface area contributed by atoms with Gasteiger partial charge < -0.3 is 10.5 Å². The zero-order valence-electron chi connectivity index (χ0n) is 10.8. The average Bonchev–Trinajstić information content (AvgIpc) is 2.46. The Bertz CT molecular complexity index is 528. The highest BCUT2D eigenvalue weighted by Crippen LogP contribution is 2.20. The molecule has 2 aromatic rings. The van der Waals surface area contributed by atoms with Gasteiger partial charge in [0.2, 0.25) is 0 Å². The van der Waals surface area contributed by atoms with Crippen LogP contribution in [-0.2, 0) is 6.61 Å². The van der Waals surface area contributed by atoms with E-state index in [2.05, 4.69) is 11.9 Å². The van der Waals surface area contributed by atoms with E-state index in [0.717, 1.165) is 23.3 Å². The predicted octanol–water partition coefficient (Wildman–Crippen LogP) is 3.72. The van der Waals surface area contributed by atoms with Gasteiger partial charge in [0.05, 0.1) is 5.02 Å². The van der Waals surface area contributed by atoms with E-state index in [9.17, 15) is 0 Å². The van der Waals surface area contributed by atoms with Crippen molar-refractivity contribution in [2.45, 2.75) is 26.0 Å². The fourth-order valence-corrected chi connectivity index (χ4v) is 1.90. The van der Waals surface area contributed by atoms with Gasteiger partial charge in [0.15, 0.2) is 0 Å². The Kier molecular flexibility index (Phi) is 4.77. The molecule has 1 atom stereocenters. The maximum absolute atomic E-state index is 6.02. The highest BCUT2D eigenvalue weighted by Gasteiger charge is 2.04. The molecule has 19 heavy (non-hydrogen) atoms. The van der Waals surface area contributed by atoms with Crippen LogP contribution in [0.1, 0.15) is 30.5 Å². The van der Waals surface area contributed by atoms with E-state index in [4.69, 9.17) is 22.1 Å². The van der Waals surface area contributed by atoms with Crippen molar-refractivity contribution in [1.82, 2.24) is 4.98 Å². The van der Waals surface area contributed by atoms with Crippen molar-refractivity contribution in [3.05, 3.63) is 58.9 Å². The topological polar surface area (TPSA) is 48.1 Å². The molecule has 4 heteroatoms. The van der Waals surface area contributed by atoms with Gasteiger partial charge in [0, 0.05) is 24.0 Å². The van der Waals surface area contributed by atoms with Crippen LogP contribution in [0.25, 0.3) is 0 Å². The van der Waals surface area contributed by atoms with E-state index < -0.39 is 0 Å². The van der Waals surface area contributed by atoms with Crippen LogP contribution in [0.3, 0.4) is 0 Å². The Morgan fingerprint density at radius 3 is 2.63 bits per heavy atom. The summed E-state index contributed by atoms with van der Waals surface area (Å²) >= 11 is 6.02. The first-order chi connectivity index (χ1) is 9.20. The van der Waals surface area contributed by atoms with Crippen molar-refractivity contribution in [1.29, 1.82) is 0 Å². The quantitative estimate of drug-likeness (QED) is 0.905. The number of nitrogens with two attached hydrogens (primary N) is 1. The number of rotatable bonds is 5. The number of hydrogen-bond acceptors (Lipinski definition) is 3. The molecule has 0 bridgehead atoms. The summed E-state index contributed by atoms with van der Waals surface area (Å²) in [4.78, 5) is 3.94. The number of pyridine rings is 1. The zero-order valence-corrected chi connectivity index (χ0v) is 11.6. The van der Waals surface area contributed by atoms with Gasteiger partial charge in [-0.15, -0.1) is 0 Å². The van der Waals surface area contributed by atoms with Gasteiger partial charge in [-0.2, -0.15) is 0 Å². The van der Waals surface area contributed by atoms with Crippen LogP contribution in [0.5, 0.6) is 5.75 Å². The zero-order chi connectivity index (χ0) is 13.7. The molecule has 0 aliphatic carbocycles. The third-order valence-corrected chi connectivity index (χ3v) is 3.34. The van der Waals surface area contributed by atoms with Crippen LogP contribution in [0.4, 0.5) is 0 Å². The van der Waals surface area contributed by atoms with Crippen LogP contribution in [-0.4, -0.2) is 4.98 Å². The predicted molar refractivity (Wildman–Crippen MR) is 77.2 cm³/mol. The summed E-state index contributed by atoms with van der Waals surface area (Å²) in [6.45, 7) is 2.50. The van der Waals surface area contributed by atoms with Gasteiger partial charge in [0.1, 0.15) is 12.4 Å². The standard InChI is InChI=1S/C15H17ClN2O/c1-2-15(17)11-3-5-13(6-4-11)19-10-12-7-8-18-9-14(12)16/h3-9,15H,2,10,17H2,1H3/t15-/m1/s1. The second-order valence-corrected chi connectivity index (χ2v) is 4.75. The van der Waals surface area contributed by atoms with Crippen LogP contribution in [0.15, 0.2) is 42.7 Å². The van der Waals surface area contributed by atoms with Gasteiger partial charge in [-0.25, -0.2) is 0 Å². The molecule has 0 fully saturated rings. The Morgan fingerprint density at radius 1 is 1.26 bits per heavy atom. The normalized spacial score (nSPS) is 12.2. The Balaban J connectivity index is 1.99. The Labute approximate surface area is 118 Å². The van der Waals surface area contributed by atoms with Crippen molar-refractivity contribution >= 4 is 11.6 Å². The van der Waals surface area contributed by atoms with E-state index >= 15 is 0 Å². The van der Waals surface area contributed by atoms with Gasteiger partial charge in [-0.3, -0.25) is 4.98 Å². The molecule has 0 unspecified atom stereocenters. The van der Waals surface area contributed by atoms with Crippen molar-refractivity contribution in [3.63, 3.8) is 0 Å². The minimum Gasteiger partial charge on any atom is -0.489 e. The third kappa shape index (κ3) is 3.69. The van der Waals surface area contributed by atoms with E-state index in [0.29, 0.717) is 11.6 Å². The molecule has 0 amide bonds. The molecule has 3 nitrogen and oxygen atoms in total.